The first-order valence-corrected chi connectivity index (χ1v) is 11.5. The van der Waals surface area contributed by atoms with E-state index in [9.17, 15) is 13.2 Å². The molecule has 156 valence electrons. The second kappa shape index (κ2) is 9.52. The fraction of sp³-hybridized carbons (Fsp3) is 0.409. The van der Waals surface area contributed by atoms with Crippen LogP contribution in [-0.4, -0.2) is 56.8 Å². The molecule has 0 spiro atoms. The van der Waals surface area contributed by atoms with E-state index in [1.54, 1.807) is 24.3 Å². The molecule has 1 N–H and O–H groups in total. The molecule has 1 amide bonds. The lowest BCUT2D eigenvalue weighted by molar-refractivity contribution is -0.117. The lowest BCUT2D eigenvalue weighted by Crippen LogP contribution is -2.46. The van der Waals surface area contributed by atoms with Gasteiger partial charge in [-0.15, -0.1) is 0 Å². The summed E-state index contributed by atoms with van der Waals surface area (Å²) in [6.45, 7) is 4.50. The Kier molecular flexibility index (Phi) is 7.05. The van der Waals surface area contributed by atoms with Gasteiger partial charge in [-0.25, -0.2) is 8.42 Å². The zero-order valence-corrected chi connectivity index (χ0v) is 17.9. The Morgan fingerprint density at radius 3 is 2.21 bits per heavy atom. The Morgan fingerprint density at radius 1 is 1.00 bits per heavy atom. The molecule has 2 aromatic carbocycles. The van der Waals surface area contributed by atoms with Crippen LogP contribution in [0.3, 0.4) is 0 Å². The summed E-state index contributed by atoms with van der Waals surface area (Å²) in [4.78, 5) is 15.2. The first-order valence-electron chi connectivity index (χ1n) is 10.1. The van der Waals surface area contributed by atoms with Crippen LogP contribution < -0.4 is 5.32 Å². The van der Waals surface area contributed by atoms with Crippen LogP contribution in [0.4, 0.5) is 5.69 Å². The minimum absolute atomic E-state index is 0.0762. The summed E-state index contributed by atoms with van der Waals surface area (Å²) in [5.41, 5.74) is 1.59. The van der Waals surface area contributed by atoms with Gasteiger partial charge in [0.05, 0.1) is 10.8 Å². The van der Waals surface area contributed by atoms with Gasteiger partial charge in [0.1, 0.15) is 0 Å². The minimum Gasteiger partial charge on any atom is -0.326 e. The van der Waals surface area contributed by atoms with E-state index in [0.717, 1.165) is 31.5 Å². The number of anilines is 1. The molecule has 1 unspecified atom stereocenters. The number of nitrogens with zero attached hydrogens (tertiary/aromatic N) is 2. The first-order chi connectivity index (χ1) is 13.9. The third kappa shape index (κ3) is 5.23. The number of carbonyl (C=O) groups excluding carboxylic acids is 1. The number of rotatable bonds is 7. The normalized spacial score (nSPS) is 17.0. The Bertz CT molecular complexity index is 906. The third-order valence-corrected chi connectivity index (χ3v) is 7.23. The number of hydrogen-bond donors (Lipinski definition) is 1. The van der Waals surface area contributed by atoms with Gasteiger partial charge in [-0.2, -0.15) is 4.31 Å². The molecule has 0 saturated carbocycles. The van der Waals surface area contributed by atoms with Crippen LogP contribution in [-0.2, 0) is 14.8 Å². The number of hydrogen-bond acceptors (Lipinski definition) is 4. The summed E-state index contributed by atoms with van der Waals surface area (Å²) in [7, 11) is -1.52. The highest BCUT2D eigenvalue weighted by atomic mass is 32.2. The minimum atomic E-state index is -3.50. The molecular weight excluding hydrogens is 386 g/mol. The van der Waals surface area contributed by atoms with E-state index in [0.29, 0.717) is 18.8 Å². The van der Waals surface area contributed by atoms with E-state index < -0.39 is 10.0 Å². The summed E-state index contributed by atoms with van der Waals surface area (Å²) in [6, 6.07) is 16.2. The van der Waals surface area contributed by atoms with E-state index in [-0.39, 0.29) is 16.7 Å². The molecule has 0 radical (unpaired) electrons. The molecule has 0 aromatic heterocycles. The molecule has 1 aliphatic heterocycles. The van der Waals surface area contributed by atoms with E-state index in [1.165, 1.54) is 4.31 Å². The summed E-state index contributed by atoms with van der Waals surface area (Å²) in [6.07, 6.45) is 1.65. The van der Waals surface area contributed by atoms with Crippen LogP contribution in [0.1, 0.15) is 31.2 Å². The number of piperazine rings is 1. The van der Waals surface area contributed by atoms with Crippen LogP contribution >= 0.6 is 0 Å². The van der Waals surface area contributed by atoms with Crippen molar-refractivity contribution in [2.45, 2.75) is 30.6 Å². The van der Waals surface area contributed by atoms with Crippen molar-refractivity contribution in [2.75, 3.05) is 38.5 Å². The highest BCUT2D eigenvalue weighted by Gasteiger charge is 2.27. The fourth-order valence-electron chi connectivity index (χ4n) is 3.54. The van der Waals surface area contributed by atoms with Crippen molar-refractivity contribution >= 4 is 21.6 Å². The maximum Gasteiger partial charge on any atom is 0.243 e. The topological polar surface area (TPSA) is 69.7 Å². The third-order valence-electron chi connectivity index (χ3n) is 5.32. The average molecular weight is 416 g/mol. The Labute approximate surface area is 173 Å². The van der Waals surface area contributed by atoms with E-state index in [1.807, 2.05) is 37.4 Å². The standard InChI is InChI=1S/C22H29N3O3S/c1-3-7-21(18-8-5-4-6-9-18)22(26)23-19-10-12-20(13-11-19)29(27,28)25-16-14-24(2)15-17-25/h4-6,8-13,21H,3,7,14-17H2,1-2H3,(H,23,26). The zero-order chi connectivity index (χ0) is 20.9. The van der Waals surface area contributed by atoms with E-state index in [2.05, 4.69) is 17.1 Å². The number of amides is 1. The van der Waals surface area contributed by atoms with Crippen LogP contribution in [0.25, 0.3) is 0 Å². The second-order valence-corrected chi connectivity index (χ2v) is 9.41. The summed E-state index contributed by atoms with van der Waals surface area (Å²) >= 11 is 0. The van der Waals surface area contributed by atoms with Gasteiger partial charge in [0.25, 0.3) is 0 Å². The number of carbonyl (C=O) groups is 1. The summed E-state index contributed by atoms with van der Waals surface area (Å²) in [5, 5.41) is 2.94. The monoisotopic (exact) mass is 415 g/mol. The van der Waals surface area contributed by atoms with Crippen molar-refractivity contribution in [3.63, 3.8) is 0 Å². The van der Waals surface area contributed by atoms with Crippen molar-refractivity contribution in [1.82, 2.24) is 9.21 Å². The van der Waals surface area contributed by atoms with Crippen molar-refractivity contribution in [2.24, 2.45) is 0 Å². The van der Waals surface area contributed by atoms with Gasteiger partial charge in [0.2, 0.25) is 15.9 Å². The molecule has 1 aliphatic rings. The maximum atomic E-state index is 12.8. The van der Waals surface area contributed by atoms with Crippen molar-refractivity contribution < 1.29 is 13.2 Å². The van der Waals surface area contributed by atoms with Gasteiger partial charge in [-0.3, -0.25) is 4.79 Å². The van der Waals surface area contributed by atoms with Gasteiger partial charge in [0, 0.05) is 31.9 Å². The largest absolute Gasteiger partial charge is 0.326 e. The lowest BCUT2D eigenvalue weighted by atomic mass is 9.93. The van der Waals surface area contributed by atoms with Gasteiger partial charge >= 0.3 is 0 Å². The van der Waals surface area contributed by atoms with Crippen LogP contribution in [0.15, 0.2) is 59.5 Å². The number of benzene rings is 2. The van der Waals surface area contributed by atoms with Crippen LogP contribution in [0.5, 0.6) is 0 Å². The Balaban J connectivity index is 1.70. The van der Waals surface area contributed by atoms with Crippen LogP contribution in [0.2, 0.25) is 0 Å². The van der Waals surface area contributed by atoms with Gasteiger partial charge in [-0.1, -0.05) is 43.7 Å². The number of sulfonamides is 1. The number of nitrogens with one attached hydrogen (secondary N) is 1. The first kappa shape index (κ1) is 21.5. The molecule has 0 aliphatic carbocycles. The SMILES string of the molecule is CCCC(C(=O)Nc1ccc(S(=O)(=O)N2CCN(C)CC2)cc1)c1ccccc1. The van der Waals surface area contributed by atoms with Gasteiger partial charge in [0.15, 0.2) is 0 Å². The highest BCUT2D eigenvalue weighted by molar-refractivity contribution is 7.89. The highest BCUT2D eigenvalue weighted by Crippen LogP contribution is 2.24. The quantitative estimate of drug-likeness (QED) is 0.754. The molecule has 7 heteroatoms. The molecule has 29 heavy (non-hydrogen) atoms. The Hall–Kier alpha value is -2.22. The Morgan fingerprint density at radius 2 is 1.62 bits per heavy atom. The second-order valence-electron chi connectivity index (χ2n) is 7.47. The smallest absolute Gasteiger partial charge is 0.243 e. The van der Waals surface area contributed by atoms with Crippen molar-refractivity contribution in [1.29, 1.82) is 0 Å². The van der Waals surface area contributed by atoms with Gasteiger partial charge in [-0.05, 0) is 43.3 Å². The molecule has 2 aromatic rings. The van der Waals surface area contributed by atoms with E-state index >= 15 is 0 Å². The molecule has 1 saturated heterocycles. The fourth-order valence-corrected chi connectivity index (χ4v) is 4.96. The molecular formula is C22H29N3O3S. The van der Waals surface area contributed by atoms with Crippen LogP contribution in [0, 0.1) is 0 Å². The van der Waals surface area contributed by atoms with E-state index in [4.69, 9.17) is 0 Å². The molecule has 0 bridgehead atoms. The summed E-state index contributed by atoms with van der Waals surface area (Å²) < 4.78 is 27.2. The maximum absolute atomic E-state index is 12.8. The van der Waals surface area contributed by atoms with Crippen molar-refractivity contribution in [3.05, 3.63) is 60.2 Å². The molecule has 6 nitrogen and oxygen atoms in total. The molecule has 1 fully saturated rings. The molecule has 1 atom stereocenters. The lowest BCUT2D eigenvalue weighted by Gasteiger charge is -2.31. The van der Waals surface area contributed by atoms with Crippen molar-refractivity contribution in [3.8, 4) is 0 Å². The number of likely N-dealkylation sites (N-methyl/N-ethyl adjacent to an activating group) is 1. The zero-order valence-electron chi connectivity index (χ0n) is 17.0. The summed E-state index contributed by atoms with van der Waals surface area (Å²) in [5.74, 6) is -0.303. The predicted molar refractivity (Wildman–Crippen MR) is 115 cm³/mol. The average Bonchev–Trinajstić information content (AvgIpc) is 2.73. The predicted octanol–water partition coefficient (Wildman–Crippen LogP) is 3.15. The molecule has 3 rings (SSSR count). The molecule has 1 heterocycles. The van der Waals surface area contributed by atoms with Gasteiger partial charge < -0.3 is 10.2 Å².